The zero-order valence-corrected chi connectivity index (χ0v) is 23.3. The van der Waals surface area contributed by atoms with Crippen molar-refractivity contribution in [2.75, 3.05) is 6.61 Å². The molecule has 2 saturated carbocycles. The first-order chi connectivity index (χ1) is 19.9. The molecule has 13 heteroatoms. The van der Waals surface area contributed by atoms with E-state index in [9.17, 15) is 14.4 Å². The van der Waals surface area contributed by atoms with Crippen LogP contribution < -0.4 is 10.6 Å². The van der Waals surface area contributed by atoms with Crippen molar-refractivity contribution in [2.24, 2.45) is 23.7 Å². The van der Waals surface area contributed by atoms with Crippen molar-refractivity contribution in [1.82, 2.24) is 39.0 Å². The molecule has 2 aliphatic rings. The number of benzene rings is 1. The molecule has 212 valence electrons. The molecule has 3 aromatic heterocycles. The van der Waals surface area contributed by atoms with Gasteiger partial charge in [-0.3, -0.25) is 14.4 Å². The molecule has 2 N–H and O–H groups in total. The number of aromatic nitrogens is 6. The molecule has 4 aromatic rings. The van der Waals surface area contributed by atoms with E-state index in [4.69, 9.17) is 4.74 Å². The van der Waals surface area contributed by atoms with Gasteiger partial charge in [-0.1, -0.05) is 25.6 Å². The van der Waals surface area contributed by atoms with Crippen molar-refractivity contribution in [3.05, 3.63) is 60.2 Å². The number of carbonyl (C=O) groups is 3. The van der Waals surface area contributed by atoms with Gasteiger partial charge in [0.05, 0.1) is 17.6 Å². The lowest BCUT2D eigenvalue weighted by atomic mass is 9.68. The van der Waals surface area contributed by atoms with E-state index in [0.29, 0.717) is 5.92 Å². The second kappa shape index (κ2) is 11.3. The summed E-state index contributed by atoms with van der Waals surface area (Å²) < 4.78 is 15.1. The summed E-state index contributed by atoms with van der Waals surface area (Å²) in [6, 6.07) is 7.02. The van der Waals surface area contributed by atoms with Crippen LogP contribution in [-0.2, 0) is 16.1 Å². The van der Waals surface area contributed by atoms with Crippen LogP contribution in [-0.4, -0.2) is 58.8 Å². The van der Waals surface area contributed by atoms with E-state index < -0.39 is 5.91 Å². The Hall–Kier alpha value is -4.26. The molecule has 2 amide bonds. The molecule has 3 heterocycles. The van der Waals surface area contributed by atoms with Gasteiger partial charge in [-0.05, 0) is 61.1 Å². The van der Waals surface area contributed by atoms with Gasteiger partial charge in [-0.25, -0.2) is 4.98 Å². The van der Waals surface area contributed by atoms with Gasteiger partial charge < -0.3 is 15.4 Å². The SMILES string of the molecule is C=CCOC(=O)[C@H]1CCC2C(CC[C@@H]2NC(=O)c2cc(C(=O)NCc3ccc4nsnc4c3)nc3ncnn23)C1C. The molecule has 2 fully saturated rings. The normalized spacial score (nSPS) is 23.7. The van der Waals surface area contributed by atoms with Crippen molar-refractivity contribution in [3.63, 3.8) is 0 Å². The van der Waals surface area contributed by atoms with Crippen molar-refractivity contribution in [2.45, 2.75) is 45.2 Å². The van der Waals surface area contributed by atoms with Gasteiger partial charge in [0.15, 0.2) is 0 Å². The smallest absolute Gasteiger partial charge is 0.309 e. The highest BCUT2D eigenvalue weighted by molar-refractivity contribution is 7.00. The molecule has 12 nitrogen and oxygen atoms in total. The van der Waals surface area contributed by atoms with Crippen LogP contribution in [0.4, 0.5) is 0 Å². The van der Waals surface area contributed by atoms with E-state index in [1.807, 2.05) is 18.2 Å². The second-order valence-electron chi connectivity index (χ2n) is 10.7. The number of amides is 2. The number of esters is 1. The van der Waals surface area contributed by atoms with Gasteiger partial charge in [-0.15, -0.1) is 0 Å². The topological polar surface area (TPSA) is 153 Å². The number of fused-ring (bicyclic) bond motifs is 3. The molecule has 0 spiro atoms. The minimum atomic E-state index is -0.433. The first-order valence-electron chi connectivity index (χ1n) is 13.7. The highest BCUT2D eigenvalue weighted by Gasteiger charge is 2.47. The quantitative estimate of drug-likeness (QED) is 0.239. The molecule has 41 heavy (non-hydrogen) atoms. The molecule has 0 aliphatic heterocycles. The molecule has 1 aromatic carbocycles. The Morgan fingerprint density at radius 2 is 1.93 bits per heavy atom. The highest BCUT2D eigenvalue weighted by atomic mass is 32.1. The summed E-state index contributed by atoms with van der Waals surface area (Å²) in [6.07, 6.45) is 6.18. The van der Waals surface area contributed by atoms with E-state index in [0.717, 1.165) is 54.0 Å². The average molecular weight is 575 g/mol. The highest BCUT2D eigenvalue weighted by Crippen LogP contribution is 2.48. The standard InChI is InChI=1S/C28H30N8O4S/c1-3-10-40-27(39)18-5-6-19-17(15(18)2)7-9-20(19)32-26(38)24-12-23(33-28-30-14-31-36(24)28)25(37)29-13-16-4-8-21-22(11-16)35-41-34-21/h3-4,8,11-12,14-15,17-20H,1,5-7,9-10,13H2,2H3,(H,29,37)(H,32,38)/t15?,17?,18-,19?,20-/m0/s1. The van der Waals surface area contributed by atoms with Gasteiger partial charge in [0, 0.05) is 18.7 Å². The molecule has 2 aliphatic carbocycles. The van der Waals surface area contributed by atoms with Crippen molar-refractivity contribution < 1.29 is 19.1 Å². The third kappa shape index (κ3) is 5.29. The van der Waals surface area contributed by atoms with E-state index in [2.05, 4.69) is 47.9 Å². The number of rotatable bonds is 8. The van der Waals surface area contributed by atoms with E-state index in [1.165, 1.54) is 16.9 Å². The van der Waals surface area contributed by atoms with E-state index in [1.54, 1.807) is 6.08 Å². The Labute approximate surface area is 239 Å². The molecule has 0 bridgehead atoms. The van der Waals surface area contributed by atoms with E-state index >= 15 is 0 Å². The molecule has 5 atom stereocenters. The van der Waals surface area contributed by atoms with Crippen LogP contribution in [0.15, 0.2) is 43.2 Å². The van der Waals surface area contributed by atoms with Crippen molar-refractivity contribution in [1.29, 1.82) is 0 Å². The summed E-state index contributed by atoms with van der Waals surface area (Å²) in [5.74, 6) is -0.171. The van der Waals surface area contributed by atoms with Gasteiger partial charge in [-0.2, -0.15) is 23.3 Å². The van der Waals surface area contributed by atoms with Crippen LogP contribution in [0.25, 0.3) is 16.8 Å². The van der Waals surface area contributed by atoms with Gasteiger partial charge in [0.2, 0.25) is 0 Å². The maximum Gasteiger partial charge on any atom is 0.309 e. The maximum absolute atomic E-state index is 13.6. The Bertz CT molecular complexity index is 1630. The monoisotopic (exact) mass is 574 g/mol. The summed E-state index contributed by atoms with van der Waals surface area (Å²) in [5, 5.41) is 10.2. The third-order valence-electron chi connectivity index (χ3n) is 8.45. The Morgan fingerprint density at radius 1 is 1.10 bits per heavy atom. The number of ether oxygens (including phenoxy) is 1. The predicted molar refractivity (Wildman–Crippen MR) is 150 cm³/mol. The molecule has 0 radical (unpaired) electrons. The molecule has 6 rings (SSSR count). The first-order valence-corrected chi connectivity index (χ1v) is 14.4. The minimum absolute atomic E-state index is 0.0424. The summed E-state index contributed by atoms with van der Waals surface area (Å²) in [6.45, 7) is 6.21. The number of carbonyl (C=O) groups excluding carboxylic acids is 3. The molecular formula is C28H30N8O4S. The van der Waals surface area contributed by atoms with Gasteiger partial charge >= 0.3 is 5.97 Å². The maximum atomic E-state index is 13.6. The summed E-state index contributed by atoms with van der Waals surface area (Å²) in [7, 11) is 0. The predicted octanol–water partition coefficient (Wildman–Crippen LogP) is 2.96. The Balaban J connectivity index is 1.14. The van der Waals surface area contributed by atoms with Crippen LogP contribution in [0, 0.1) is 23.7 Å². The molecule has 0 saturated heterocycles. The first kappa shape index (κ1) is 26.9. The fraction of sp³-hybridized carbons (Fsp3) is 0.429. The Morgan fingerprint density at radius 3 is 2.78 bits per heavy atom. The number of nitrogens with one attached hydrogen (secondary N) is 2. The summed E-state index contributed by atoms with van der Waals surface area (Å²) >= 11 is 1.14. The average Bonchev–Trinajstić information content (AvgIpc) is 3.74. The largest absolute Gasteiger partial charge is 0.461 e. The number of hydrogen-bond acceptors (Lipinski definition) is 10. The van der Waals surface area contributed by atoms with Crippen LogP contribution in [0.2, 0.25) is 0 Å². The lowest BCUT2D eigenvalue weighted by molar-refractivity contribution is -0.152. The van der Waals surface area contributed by atoms with Gasteiger partial charge in [0.1, 0.15) is 35.4 Å². The van der Waals surface area contributed by atoms with Crippen molar-refractivity contribution in [3.8, 4) is 0 Å². The van der Waals surface area contributed by atoms with Gasteiger partial charge in [0.25, 0.3) is 17.6 Å². The second-order valence-corrected chi connectivity index (χ2v) is 11.2. The van der Waals surface area contributed by atoms with E-state index in [-0.39, 0.29) is 66.0 Å². The van der Waals surface area contributed by atoms with Crippen LogP contribution in [0.1, 0.15) is 59.1 Å². The molecular weight excluding hydrogens is 544 g/mol. The minimum Gasteiger partial charge on any atom is -0.461 e. The van der Waals surface area contributed by atoms with Crippen molar-refractivity contribution >= 4 is 46.3 Å². The third-order valence-corrected chi connectivity index (χ3v) is 9.01. The number of nitrogens with zero attached hydrogens (tertiary/aromatic N) is 6. The van der Waals surface area contributed by atoms with Crippen LogP contribution >= 0.6 is 11.7 Å². The zero-order chi connectivity index (χ0) is 28.5. The molecule has 3 unspecified atom stereocenters. The summed E-state index contributed by atoms with van der Waals surface area (Å²) in [4.78, 5) is 47.6. The van der Waals surface area contributed by atoms with Crippen LogP contribution in [0.3, 0.4) is 0 Å². The lowest BCUT2D eigenvalue weighted by Crippen LogP contribution is -2.44. The fourth-order valence-corrected chi connectivity index (χ4v) is 6.92. The Kier molecular flexibility index (Phi) is 7.43. The number of hydrogen-bond donors (Lipinski definition) is 2. The fourth-order valence-electron chi connectivity index (χ4n) is 6.40. The zero-order valence-electron chi connectivity index (χ0n) is 22.5. The lowest BCUT2D eigenvalue weighted by Gasteiger charge is -2.38. The van der Waals surface area contributed by atoms with Crippen LogP contribution in [0.5, 0.6) is 0 Å². The summed E-state index contributed by atoms with van der Waals surface area (Å²) in [5.41, 5.74) is 2.71.